The average molecular weight is 326 g/mol. The highest BCUT2D eigenvalue weighted by molar-refractivity contribution is 8.21. The van der Waals surface area contributed by atoms with Crippen molar-refractivity contribution in [2.24, 2.45) is 0 Å². The molecular formula is C15H18O4S2. The zero-order chi connectivity index (χ0) is 14.9. The lowest BCUT2D eigenvalue weighted by molar-refractivity contribution is -0.0931. The zero-order valence-corrected chi connectivity index (χ0v) is 13.1. The fourth-order valence-corrected chi connectivity index (χ4v) is 6.21. The Hall–Kier alpha value is -0.690. The summed E-state index contributed by atoms with van der Waals surface area (Å²) in [6.07, 6.45) is -1.38. The smallest absolute Gasteiger partial charge is 0.338 e. The molecule has 0 amide bonds. The second-order valence-corrected chi connectivity index (χ2v) is 8.60. The minimum absolute atomic E-state index is 0.125. The van der Waals surface area contributed by atoms with Crippen LogP contribution in [-0.2, 0) is 4.74 Å². The molecule has 1 saturated heterocycles. The van der Waals surface area contributed by atoms with E-state index in [0.29, 0.717) is 18.4 Å². The van der Waals surface area contributed by atoms with Crippen LogP contribution in [0, 0.1) is 0 Å². The second kappa shape index (κ2) is 6.20. The van der Waals surface area contributed by atoms with Gasteiger partial charge in [0.05, 0.1) is 15.7 Å². The predicted octanol–water partition coefficient (Wildman–Crippen LogP) is 1.90. The molecule has 21 heavy (non-hydrogen) atoms. The van der Waals surface area contributed by atoms with Crippen molar-refractivity contribution in [3.05, 3.63) is 35.9 Å². The number of ether oxygens (including phenoxy) is 1. The van der Waals surface area contributed by atoms with Gasteiger partial charge in [-0.2, -0.15) is 0 Å². The Morgan fingerprint density at radius 1 is 1.14 bits per heavy atom. The van der Waals surface area contributed by atoms with Crippen LogP contribution in [0.25, 0.3) is 0 Å². The van der Waals surface area contributed by atoms with Gasteiger partial charge in [-0.1, -0.05) is 18.2 Å². The van der Waals surface area contributed by atoms with Crippen LogP contribution in [0.15, 0.2) is 30.3 Å². The molecule has 1 spiro atoms. The molecule has 0 radical (unpaired) electrons. The van der Waals surface area contributed by atoms with Gasteiger partial charge in [-0.05, 0) is 18.6 Å². The number of aliphatic hydroxyl groups is 2. The monoisotopic (exact) mass is 326 g/mol. The molecule has 0 aromatic heterocycles. The third-order valence-corrected chi connectivity index (χ3v) is 7.39. The van der Waals surface area contributed by atoms with Crippen molar-refractivity contribution in [3.8, 4) is 0 Å². The van der Waals surface area contributed by atoms with Crippen molar-refractivity contribution in [2.45, 2.75) is 35.2 Å². The first-order valence-electron chi connectivity index (χ1n) is 7.00. The summed E-state index contributed by atoms with van der Waals surface area (Å²) in [5.41, 5.74) is 0.463. The molecule has 1 saturated carbocycles. The van der Waals surface area contributed by atoms with Crippen molar-refractivity contribution in [3.63, 3.8) is 0 Å². The fourth-order valence-electron chi connectivity index (χ4n) is 2.82. The second-order valence-electron chi connectivity index (χ2n) is 5.38. The number of rotatable bonds is 2. The van der Waals surface area contributed by atoms with Gasteiger partial charge in [-0.15, -0.1) is 23.5 Å². The Morgan fingerprint density at radius 2 is 1.81 bits per heavy atom. The summed E-state index contributed by atoms with van der Waals surface area (Å²) in [5, 5.41) is 20.2. The van der Waals surface area contributed by atoms with E-state index in [2.05, 4.69) is 0 Å². The number of thioether (sulfide) groups is 2. The summed E-state index contributed by atoms with van der Waals surface area (Å²) < 4.78 is 5.35. The first kappa shape index (κ1) is 15.2. The van der Waals surface area contributed by atoms with Crippen LogP contribution in [0.2, 0.25) is 0 Å². The number of benzene rings is 1. The molecule has 1 aliphatic heterocycles. The van der Waals surface area contributed by atoms with E-state index in [1.807, 2.05) is 6.07 Å². The standard InChI is InChI=1S/C15H18O4S2/c16-11-8-15(20-6-7-21-15)9-12(13(11)17)19-14(18)10-4-2-1-3-5-10/h1-5,11-13,16-17H,6-9H2/t11-,12+,13+/m0/s1. The molecule has 1 aromatic carbocycles. The topological polar surface area (TPSA) is 66.8 Å². The Balaban J connectivity index is 1.72. The third kappa shape index (κ3) is 3.23. The van der Waals surface area contributed by atoms with E-state index in [9.17, 15) is 15.0 Å². The Bertz CT molecular complexity index is 502. The maximum atomic E-state index is 12.1. The first-order valence-corrected chi connectivity index (χ1v) is 8.97. The summed E-state index contributed by atoms with van der Waals surface area (Å²) in [7, 11) is 0. The van der Waals surface area contributed by atoms with Gasteiger partial charge < -0.3 is 14.9 Å². The lowest BCUT2D eigenvalue weighted by Crippen LogP contribution is -2.50. The van der Waals surface area contributed by atoms with Gasteiger partial charge in [0.2, 0.25) is 0 Å². The molecule has 114 valence electrons. The van der Waals surface area contributed by atoms with E-state index in [-0.39, 0.29) is 4.08 Å². The Kier molecular flexibility index (Phi) is 4.49. The average Bonchev–Trinajstić information content (AvgIpc) is 2.93. The van der Waals surface area contributed by atoms with E-state index < -0.39 is 24.3 Å². The molecule has 2 fully saturated rings. The van der Waals surface area contributed by atoms with Crippen LogP contribution < -0.4 is 0 Å². The highest BCUT2D eigenvalue weighted by atomic mass is 32.2. The number of carbonyl (C=O) groups excluding carboxylic acids is 1. The molecular weight excluding hydrogens is 308 g/mol. The lowest BCUT2D eigenvalue weighted by atomic mass is 9.91. The van der Waals surface area contributed by atoms with Crippen LogP contribution in [0.5, 0.6) is 0 Å². The SMILES string of the molecule is O=C(O[C@@H]1CC2(C[C@H](O)[C@H]1O)SCCS2)c1ccccc1. The van der Waals surface area contributed by atoms with Crippen LogP contribution in [0.1, 0.15) is 23.2 Å². The number of esters is 1. The molecule has 0 bridgehead atoms. The van der Waals surface area contributed by atoms with E-state index >= 15 is 0 Å². The normalized spacial score (nSPS) is 31.2. The number of hydrogen-bond acceptors (Lipinski definition) is 6. The van der Waals surface area contributed by atoms with Gasteiger partial charge in [0.15, 0.2) is 0 Å². The molecule has 4 nitrogen and oxygen atoms in total. The van der Waals surface area contributed by atoms with Crippen LogP contribution in [0.3, 0.4) is 0 Å². The van der Waals surface area contributed by atoms with Gasteiger partial charge in [0.25, 0.3) is 0 Å². The van der Waals surface area contributed by atoms with Crippen LogP contribution in [-0.4, -0.2) is 50.1 Å². The minimum Gasteiger partial charge on any atom is -0.456 e. The van der Waals surface area contributed by atoms with Gasteiger partial charge in [-0.3, -0.25) is 0 Å². The highest BCUT2D eigenvalue weighted by Crippen LogP contribution is 2.53. The first-order chi connectivity index (χ1) is 10.1. The lowest BCUT2D eigenvalue weighted by Gasteiger charge is -2.41. The summed E-state index contributed by atoms with van der Waals surface area (Å²) in [4.78, 5) is 12.1. The Morgan fingerprint density at radius 3 is 2.48 bits per heavy atom. The predicted molar refractivity (Wildman–Crippen MR) is 84.5 cm³/mol. The van der Waals surface area contributed by atoms with Crippen LogP contribution in [0.4, 0.5) is 0 Å². The van der Waals surface area contributed by atoms with Gasteiger partial charge >= 0.3 is 5.97 Å². The molecule has 3 rings (SSSR count). The molecule has 2 N–H and O–H groups in total. The summed E-state index contributed by atoms with van der Waals surface area (Å²) >= 11 is 3.60. The molecule has 2 aliphatic rings. The van der Waals surface area contributed by atoms with E-state index in [1.165, 1.54) is 0 Å². The summed E-state index contributed by atoms with van der Waals surface area (Å²) in [5.74, 6) is 1.62. The number of hydrogen-bond donors (Lipinski definition) is 2. The third-order valence-electron chi connectivity index (χ3n) is 3.89. The zero-order valence-electron chi connectivity index (χ0n) is 11.5. The number of aliphatic hydroxyl groups excluding tert-OH is 2. The maximum absolute atomic E-state index is 12.1. The van der Waals surface area contributed by atoms with E-state index in [4.69, 9.17) is 4.74 Å². The Labute approximate surface area is 132 Å². The molecule has 1 heterocycles. The van der Waals surface area contributed by atoms with Crippen molar-refractivity contribution in [1.82, 2.24) is 0 Å². The quantitative estimate of drug-likeness (QED) is 0.809. The van der Waals surface area contributed by atoms with Crippen molar-refractivity contribution < 1.29 is 19.7 Å². The van der Waals surface area contributed by atoms with Crippen molar-refractivity contribution in [2.75, 3.05) is 11.5 Å². The van der Waals surface area contributed by atoms with Crippen molar-refractivity contribution >= 4 is 29.5 Å². The molecule has 6 heteroatoms. The molecule has 3 atom stereocenters. The van der Waals surface area contributed by atoms with E-state index in [0.717, 1.165) is 11.5 Å². The molecule has 1 aromatic rings. The summed E-state index contributed by atoms with van der Waals surface area (Å²) in [6.45, 7) is 0. The maximum Gasteiger partial charge on any atom is 0.338 e. The van der Waals surface area contributed by atoms with Crippen LogP contribution >= 0.6 is 23.5 Å². The highest BCUT2D eigenvalue weighted by Gasteiger charge is 2.49. The largest absolute Gasteiger partial charge is 0.456 e. The molecule has 0 unspecified atom stereocenters. The van der Waals surface area contributed by atoms with Gasteiger partial charge in [-0.25, -0.2) is 4.79 Å². The minimum atomic E-state index is -1.01. The fraction of sp³-hybridized carbons (Fsp3) is 0.533. The van der Waals surface area contributed by atoms with Gasteiger partial charge in [0, 0.05) is 17.9 Å². The van der Waals surface area contributed by atoms with Gasteiger partial charge in [0.1, 0.15) is 12.2 Å². The van der Waals surface area contributed by atoms with E-state index in [1.54, 1.807) is 47.8 Å². The summed E-state index contributed by atoms with van der Waals surface area (Å²) in [6, 6.07) is 8.74. The van der Waals surface area contributed by atoms with Crippen molar-refractivity contribution in [1.29, 1.82) is 0 Å². The molecule has 1 aliphatic carbocycles. The number of carbonyl (C=O) groups is 1.